The number of carbonyl (C=O) groups excluding carboxylic acids is 2. The van der Waals surface area contributed by atoms with Gasteiger partial charge in [0.1, 0.15) is 5.82 Å². The zero-order valence-corrected chi connectivity index (χ0v) is 23.1. The Morgan fingerprint density at radius 3 is 2.51 bits per heavy atom. The number of rotatable bonds is 5. The summed E-state index contributed by atoms with van der Waals surface area (Å²) in [6.45, 7) is 5.69. The van der Waals surface area contributed by atoms with Crippen LogP contribution in [0.4, 0.5) is 10.3 Å². The van der Waals surface area contributed by atoms with Gasteiger partial charge in [0.2, 0.25) is 5.95 Å². The van der Waals surface area contributed by atoms with Crippen molar-refractivity contribution in [2.45, 2.75) is 45.8 Å². The van der Waals surface area contributed by atoms with Gasteiger partial charge < -0.3 is 15.5 Å². The molecule has 11 heteroatoms. The molecule has 2 heterocycles. The molecule has 0 saturated carbocycles. The van der Waals surface area contributed by atoms with E-state index < -0.39 is 11.7 Å². The number of nitrogens with one attached hydrogen (secondary N) is 2. The maximum absolute atomic E-state index is 14.6. The minimum absolute atomic E-state index is 0.0411. The molecule has 194 valence electrons. The van der Waals surface area contributed by atoms with Gasteiger partial charge in [0.25, 0.3) is 17.4 Å². The van der Waals surface area contributed by atoms with Gasteiger partial charge in [-0.1, -0.05) is 11.6 Å². The maximum Gasteiger partial charge on any atom is 0.263 e. The number of anilines is 1. The van der Waals surface area contributed by atoms with Gasteiger partial charge >= 0.3 is 0 Å². The lowest BCUT2D eigenvalue weighted by atomic mass is 9.98. The van der Waals surface area contributed by atoms with Crippen molar-refractivity contribution in [1.82, 2.24) is 19.8 Å². The summed E-state index contributed by atoms with van der Waals surface area (Å²) >= 11 is 9.28. The van der Waals surface area contributed by atoms with Crippen molar-refractivity contribution in [3.63, 3.8) is 0 Å². The summed E-state index contributed by atoms with van der Waals surface area (Å²) in [6, 6.07) is 8.69. The van der Waals surface area contributed by atoms with E-state index in [1.807, 2.05) is 13.8 Å². The molecule has 2 amide bonds. The quantitative estimate of drug-likeness (QED) is 0.425. The molecular weight excluding hydrogens is 565 g/mol. The number of nitrogens with zero attached hydrogens (tertiary/aromatic N) is 3. The molecule has 8 nitrogen and oxygen atoms in total. The first-order valence-electron chi connectivity index (χ1n) is 11.7. The Labute approximate surface area is 227 Å². The van der Waals surface area contributed by atoms with Crippen LogP contribution >= 0.6 is 27.5 Å². The number of benzene rings is 2. The average Bonchev–Trinajstić information content (AvgIpc) is 2.85. The van der Waals surface area contributed by atoms with Crippen LogP contribution in [0.1, 0.15) is 52.7 Å². The number of hydrogen-bond donors (Lipinski definition) is 2. The van der Waals surface area contributed by atoms with E-state index in [2.05, 4.69) is 26.6 Å². The van der Waals surface area contributed by atoms with E-state index >= 15 is 0 Å². The van der Waals surface area contributed by atoms with Gasteiger partial charge in [-0.15, -0.1) is 0 Å². The molecule has 1 atom stereocenters. The molecule has 0 saturated heterocycles. The fourth-order valence-corrected chi connectivity index (χ4v) is 4.75. The van der Waals surface area contributed by atoms with Crippen LogP contribution in [0.5, 0.6) is 0 Å². The number of fused-ring (bicyclic) bond motifs is 1. The molecule has 4 rings (SSSR count). The molecule has 0 bridgehead atoms. The second-order valence-electron chi connectivity index (χ2n) is 9.16. The number of halogens is 3. The normalized spacial score (nSPS) is 14.9. The number of carbonyl (C=O) groups is 2. The van der Waals surface area contributed by atoms with Crippen LogP contribution in [0.3, 0.4) is 0 Å². The Morgan fingerprint density at radius 1 is 1.22 bits per heavy atom. The smallest absolute Gasteiger partial charge is 0.263 e. The molecule has 1 aliphatic rings. The summed E-state index contributed by atoms with van der Waals surface area (Å²) in [7, 11) is 1.55. The largest absolute Gasteiger partial charge is 0.355 e. The highest BCUT2D eigenvalue weighted by Crippen LogP contribution is 2.29. The first kappa shape index (κ1) is 26.8. The summed E-state index contributed by atoms with van der Waals surface area (Å²) in [5.41, 5.74) is 1.53. The molecule has 2 N–H and O–H groups in total. The summed E-state index contributed by atoms with van der Waals surface area (Å²) in [6.07, 6.45) is 0.247. The zero-order chi connectivity index (χ0) is 27.0. The summed E-state index contributed by atoms with van der Waals surface area (Å²) in [4.78, 5) is 45.2. The molecule has 3 aromatic rings. The second-order valence-corrected chi connectivity index (χ2v) is 10.4. The Hall–Kier alpha value is -3.24. The molecule has 1 aliphatic heterocycles. The van der Waals surface area contributed by atoms with Crippen LogP contribution in [-0.2, 0) is 13.0 Å². The predicted octanol–water partition coefficient (Wildman–Crippen LogP) is 4.55. The van der Waals surface area contributed by atoms with Crippen LogP contribution in [0, 0.1) is 5.82 Å². The van der Waals surface area contributed by atoms with E-state index in [1.54, 1.807) is 38.2 Å². The molecule has 0 unspecified atom stereocenters. The van der Waals surface area contributed by atoms with Crippen molar-refractivity contribution in [2.24, 2.45) is 0 Å². The third kappa shape index (κ3) is 5.26. The monoisotopic (exact) mass is 589 g/mol. The van der Waals surface area contributed by atoms with E-state index in [0.717, 1.165) is 6.07 Å². The fourth-order valence-electron chi connectivity index (χ4n) is 4.27. The summed E-state index contributed by atoms with van der Waals surface area (Å²) in [5.74, 6) is -1.14. The molecule has 0 radical (unpaired) electrons. The standard InChI is InChI=1S/C26H26BrClFN5O3/c1-13(2)31-26-32-22-12-33(24(36)17-10-20(28)19(27)11-21(17)29)14(3)9-18(22)25(37)34(26)16-7-5-15(6-8-16)23(35)30-4/h5-8,10-11,13-14H,9,12H2,1-4H3,(H,30,35)(H,31,32)/t14-/m1/s1. The lowest BCUT2D eigenvalue weighted by molar-refractivity contribution is 0.0648. The van der Waals surface area contributed by atoms with Gasteiger partial charge in [-0.3, -0.25) is 14.4 Å². The minimum atomic E-state index is -0.690. The number of amides is 2. The molecule has 0 aliphatic carbocycles. The van der Waals surface area contributed by atoms with E-state index in [4.69, 9.17) is 16.6 Å². The van der Waals surface area contributed by atoms with E-state index in [9.17, 15) is 18.8 Å². The van der Waals surface area contributed by atoms with Crippen molar-refractivity contribution >= 4 is 45.3 Å². The highest BCUT2D eigenvalue weighted by Gasteiger charge is 2.33. The Kier molecular flexibility index (Phi) is 7.70. The molecule has 1 aromatic heterocycles. The highest BCUT2D eigenvalue weighted by molar-refractivity contribution is 9.10. The summed E-state index contributed by atoms with van der Waals surface area (Å²) in [5, 5.41) is 6.00. The SMILES string of the molecule is CNC(=O)c1ccc(-n2c(NC(C)C)nc3c(c2=O)C[C@@H](C)N(C(=O)c2cc(Cl)c(Br)cc2F)C3)cc1. The highest BCUT2D eigenvalue weighted by atomic mass is 79.9. The molecule has 0 fully saturated rings. The Morgan fingerprint density at radius 2 is 1.89 bits per heavy atom. The molecule has 2 aromatic carbocycles. The summed E-state index contributed by atoms with van der Waals surface area (Å²) < 4.78 is 16.5. The van der Waals surface area contributed by atoms with Crippen LogP contribution in [0.2, 0.25) is 5.02 Å². The Balaban J connectivity index is 1.77. The van der Waals surface area contributed by atoms with Crippen LogP contribution in [0.25, 0.3) is 5.69 Å². The van der Waals surface area contributed by atoms with Crippen LogP contribution in [0.15, 0.2) is 45.7 Å². The first-order chi connectivity index (χ1) is 17.5. The molecular formula is C26H26BrClFN5O3. The van der Waals surface area contributed by atoms with Crippen molar-refractivity contribution in [1.29, 1.82) is 0 Å². The van der Waals surface area contributed by atoms with Crippen molar-refractivity contribution in [3.05, 3.63) is 84.4 Å². The number of hydrogen-bond acceptors (Lipinski definition) is 5. The average molecular weight is 591 g/mol. The first-order valence-corrected chi connectivity index (χ1v) is 12.9. The lowest BCUT2D eigenvalue weighted by Gasteiger charge is -2.35. The van der Waals surface area contributed by atoms with E-state index in [0.29, 0.717) is 32.9 Å². The topological polar surface area (TPSA) is 96.3 Å². The van der Waals surface area contributed by atoms with Crippen molar-refractivity contribution < 1.29 is 14.0 Å². The number of aromatic nitrogens is 2. The molecule has 0 spiro atoms. The van der Waals surface area contributed by atoms with Crippen molar-refractivity contribution in [3.8, 4) is 5.69 Å². The third-order valence-electron chi connectivity index (χ3n) is 6.15. The Bertz CT molecular complexity index is 1440. The maximum atomic E-state index is 14.6. The lowest BCUT2D eigenvalue weighted by Crippen LogP contribution is -2.46. The van der Waals surface area contributed by atoms with Crippen molar-refractivity contribution in [2.75, 3.05) is 12.4 Å². The molecule has 37 heavy (non-hydrogen) atoms. The van der Waals surface area contributed by atoms with Gasteiger partial charge in [0, 0.05) is 34.7 Å². The second kappa shape index (κ2) is 10.6. The third-order valence-corrected chi connectivity index (χ3v) is 7.34. The minimum Gasteiger partial charge on any atom is -0.355 e. The van der Waals surface area contributed by atoms with E-state index in [-0.39, 0.29) is 47.1 Å². The van der Waals surface area contributed by atoms with E-state index in [1.165, 1.54) is 15.5 Å². The van der Waals surface area contributed by atoms with Crippen LogP contribution in [-0.4, -0.2) is 45.4 Å². The fraction of sp³-hybridized carbons (Fsp3) is 0.308. The van der Waals surface area contributed by atoms with Gasteiger partial charge in [-0.25, -0.2) is 13.9 Å². The predicted molar refractivity (Wildman–Crippen MR) is 144 cm³/mol. The van der Waals surface area contributed by atoms with Gasteiger partial charge in [0.05, 0.1) is 28.5 Å². The zero-order valence-electron chi connectivity index (χ0n) is 20.7. The van der Waals surface area contributed by atoms with Gasteiger partial charge in [-0.2, -0.15) is 0 Å². The van der Waals surface area contributed by atoms with Gasteiger partial charge in [-0.05, 0) is 79.5 Å². The van der Waals surface area contributed by atoms with Gasteiger partial charge in [0.15, 0.2) is 0 Å². The van der Waals surface area contributed by atoms with Crippen LogP contribution < -0.4 is 16.2 Å².